The van der Waals surface area contributed by atoms with Gasteiger partial charge in [0, 0.05) is 18.0 Å². The van der Waals surface area contributed by atoms with Crippen LogP contribution in [-0.2, 0) is 11.2 Å². The number of carbonyl (C=O) groups excluding carboxylic acids is 1. The normalized spacial score (nSPS) is 11.9. The predicted molar refractivity (Wildman–Crippen MR) is 90.7 cm³/mol. The monoisotopic (exact) mass is 338 g/mol. The topological polar surface area (TPSA) is 79.3 Å². The van der Waals surface area contributed by atoms with E-state index >= 15 is 0 Å². The van der Waals surface area contributed by atoms with E-state index in [1.807, 2.05) is 24.3 Å². The Morgan fingerprint density at radius 1 is 1.12 bits per heavy atom. The maximum absolute atomic E-state index is 13.7. The molecule has 0 spiro atoms. The summed E-state index contributed by atoms with van der Waals surface area (Å²) in [6.45, 7) is 0. The maximum Gasteiger partial charge on any atom is 0.326 e. The standard InChI is InChI=1S/C19H15FN2O3/c20-15-7-3-1-5-12(15)10-17(19(24)25)22-18(23)14-9-13-6-2-4-8-16(13)21-11-14/h1-9,11,17H,10H2,(H,22,23)(H,24,25)/t17-/m0/s1. The second-order valence-electron chi connectivity index (χ2n) is 5.58. The summed E-state index contributed by atoms with van der Waals surface area (Å²) >= 11 is 0. The van der Waals surface area contributed by atoms with E-state index in [1.54, 1.807) is 12.1 Å². The highest BCUT2D eigenvalue weighted by molar-refractivity contribution is 5.99. The van der Waals surface area contributed by atoms with Crippen LogP contribution >= 0.6 is 0 Å². The van der Waals surface area contributed by atoms with Gasteiger partial charge in [-0.1, -0.05) is 36.4 Å². The molecule has 0 radical (unpaired) electrons. The highest BCUT2D eigenvalue weighted by atomic mass is 19.1. The molecule has 1 atom stereocenters. The van der Waals surface area contributed by atoms with E-state index in [0.29, 0.717) is 0 Å². The number of rotatable bonds is 5. The third kappa shape index (κ3) is 3.80. The van der Waals surface area contributed by atoms with Gasteiger partial charge in [0.15, 0.2) is 0 Å². The summed E-state index contributed by atoms with van der Waals surface area (Å²) in [6, 6.07) is 13.6. The van der Waals surface area contributed by atoms with Crippen LogP contribution in [0.5, 0.6) is 0 Å². The van der Waals surface area contributed by atoms with Crippen LogP contribution in [0.3, 0.4) is 0 Å². The number of hydrogen-bond acceptors (Lipinski definition) is 3. The fraction of sp³-hybridized carbons (Fsp3) is 0.105. The highest BCUT2D eigenvalue weighted by Gasteiger charge is 2.22. The van der Waals surface area contributed by atoms with Gasteiger partial charge in [0.05, 0.1) is 11.1 Å². The lowest BCUT2D eigenvalue weighted by atomic mass is 10.0. The van der Waals surface area contributed by atoms with Gasteiger partial charge in [-0.15, -0.1) is 0 Å². The van der Waals surface area contributed by atoms with Gasteiger partial charge < -0.3 is 10.4 Å². The number of carbonyl (C=O) groups is 2. The van der Waals surface area contributed by atoms with Crippen molar-refractivity contribution in [1.82, 2.24) is 10.3 Å². The van der Waals surface area contributed by atoms with Crippen LogP contribution in [0.1, 0.15) is 15.9 Å². The molecule has 2 aromatic carbocycles. The number of aliphatic carboxylic acids is 1. The summed E-state index contributed by atoms with van der Waals surface area (Å²) in [5, 5.41) is 12.5. The Hall–Kier alpha value is -3.28. The van der Waals surface area contributed by atoms with Crippen LogP contribution in [0.25, 0.3) is 10.9 Å². The number of carboxylic acid groups (broad SMARTS) is 1. The smallest absolute Gasteiger partial charge is 0.326 e. The first kappa shape index (κ1) is 16.6. The van der Waals surface area contributed by atoms with Gasteiger partial charge in [-0.05, 0) is 23.8 Å². The minimum Gasteiger partial charge on any atom is -0.480 e. The highest BCUT2D eigenvalue weighted by Crippen LogP contribution is 2.14. The van der Waals surface area contributed by atoms with Crippen LogP contribution in [0.2, 0.25) is 0 Å². The molecule has 1 heterocycles. The minimum atomic E-state index is -1.24. The molecule has 0 saturated heterocycles. The molecule has 0 aliphatic carbocycles. The average molecular weight is 338 g/mol. The summed E-state index contributed by atoms with van der Waals surface area (Å²) in [6.07, 6.45) is 1.24. The van der Waals surface area contributed by atoms with Crippen LogP contribution in [0.4, 0.5) is 4.39 Å². The Labute approximate surface area is 143 Å². The lowest BCUT2D eigenvalue weighted by Crippen LogP contribution is -2.42. The van der Waals surface area contributed by atoms with E-state index < -0.39 is 23.7 Å². The first-order valence-corrected chi connectivity index (χ1v) is 7.66. The molecule has 0 unspecified atom stereocenters. The lowest BCUT2D eigenvalue weighted by Gasteiger charge is -2.15. The molecule has 0 bridgehead atoms. The number of para-hydroxylation sites is 1. The summed E-state index contributed by atoms with van der Waals surface area (Å²) in [5.41, 5.74) is 1.21. The summed E-state index contributed by atoms with van der Waals surface area (Å²) in [4.78, 5) is 28.0. The SMILES string of the molecule is O=C(N[C@@H](Cc1ccccc1F)C(=O)O)c1cnc2ccccc2c1. The number of aromatic nitrogens is 1. The van der Waals surface area contributed by atoms with Crippen molar-refractivity contribution in [3.8, 4) is 0 Å². The van der Waals surface area contributed by atoms with Gasteiger partial charge in [0.1, 0.15) is 11.9 Å². The summed E-state index contributed by atoms with van der Waals surface area (Å²) in [5.74, 6) is -2.30. The van der Waals surface area contributed by atoms with Gasteiger partial charge in [-0.3, -0.25) is 9.78 Å². The molecule has 6 heteroatoms. The molecular formula is C19H15FN2O3. The zero-order valence-electron chi connectivity index (χ0n) is 13.1. The first-order chi connectivity index (χ1) is 12.0. The van der Waals surface area contributed by atoms with E-state index in [-0.39, 0.29) is 17.5 Å². The number of nitrogens with one attached hydrogen (secondary N) is 1. The number of pyridine rings is 1. The van der Waals surface area contributed by atoms with Crippen molar-refractivity contribution in [1.29, 1.82) is 0 Å². The molecule has 0 saturated carbocycles. The zero-order valence-corrected chi connectivity index (χ0v) is 13.1. The molecular weight excluding hydrogens is 323 g/mol. The van der Waals surface area contributed by atoms with Crippen LogP contribution in [-0.4, -0.2) is 28.0 Å². The van der Waals surface area contributed by atoms with E-state index in [2.05, 4.69) is 10.3 Å². The number of amides is 1. The predicted octanol–water partition coefficient (Wildman–Crippen LogP) is 2.80. The number of carboxylic acids is 1. The Morgan fingerprint density at radius 3 is 2.60 bits per heavy atom. The van der Waals surface area contributed by atoms with Crippen molar-refractivity contribution < 1.29 is 19.1 Å². The molecule has 0 aliphatic heterocycles. The Morgan fingerprint density at radius 2 is 1.84 bits per heavy atom. The van der Waals surface area contributed by atoms with E-state index in [0.717, 1.165) is 10.9 Å². The van der Waals surface area contributed by atoms with Gasteiger partial charge in [0.25, 0.3) is 5.91 Å². The second-order valence-corrected chi connectivity index (χ2v) is 5.58. The van der Waals surface area contributed by atoms with Gasteiger partial charge in [-0.25, -0.2) is 9.18 Å². The Bertz CT molecular complexity index is 943. The molecule has 25 heavy (non-hydrogen) atoms. The molecule has 126 valence electrons. The average Bonchev–Trinajstić information content (AvgIpc) is 2.62. The van der Waals surface area contributed by atoms with E-state index in [1.165, 1.54) is 24.4 Å². The van der Waals surface area contributed by atoms with Crippen molar-refractivity contribution in [3.63, 3.8) is 0 Å². The molecule has 0 aliphatic rings. The minimum absolute atomic E-state index is 0.144. The zero-order chi connectivity index (χ0) is 17.8. The Kier molecular flexibility index (Phi) is 4.70. The quantitative estimate of drug-likeness (QED) is 0.750. The Balaban J connectivity index is 1.80. The number of hydrogen-bond donors (Lipinski definition) is 2. The number of benzene rings is 2. The number of nitrogens with zero attached hydrogens (tertiary/aromatic N) is 1. The fourth-order valence-electron chi connectivity index (χ4n) is 2.52. The summed E-state index contributed by atoms with van der Waals surface area (Å²) < 4.78 is 13.7. The van der Waals surface area contributed by atoms with Crippen molar-refractivity contribution >= 4 is 22.8 Å². The first-order valence-electron chi connectivity index (χ1n) is 7.66. The van der Waals surface area contributed by atoms with Crippen molar-refractivity contribution in [3.05, 3.63) is 77.7 Å². The van der Waals surface area contributed by atoms with Crippen LogP contribution in [0, 0.1) is 5.82 Å². The number of fused-ring (bicyclic) bond motifs is 1. The van der Waals surface area contributed by atoms with Gasteiger partial charge in [-0.2, -0.15) is 0 Å². The third-order valence-electron chi connectivity index (χ3n) is 3.84. The number of halogens is 1. The summed E-state index contributed by atoms with van der Waals surface area (Å²) in [7, 11) is 0. The van der Waals surface area contributed by atoms with E-state index in [4.69, 9.17) is 0 Å². The third-order valence-corrected chi connectivity index (χ3v) is 3.84. The van der Waals surface area contributed by atoms with Crippen LogP contribution in [0.15, 0.2) is 60.8 Å². The molecule has 5 nitrogen and oxygen atoms in total. The largest absolute Gasteiger partial charge is 0.480 e. The molecule has 1 amide bonds. The van der Waals surface area contributed by atoms with E-state index in [9.17, 15) is 19.1 Å². The van der Waals surface area contributed by atoms with Crippen LogP contribution < -0.4 is 5.32 Å². The molecule has 1 aromatic heterocycles. The van der Waals surface area contributed by atoms with Gasteiger partial charge in [0.2, 0.25) is 0 Å². The van der Waals surface area contributed by atoms with Crippen molar-refractivity contribution in [2.75, 3.05) is 0 Å². The van der Waals surface area contributed by atoms with Gasteiger partial charge >= 0.3 is 5.97 Å². The lowest BCUT2D eigenvalue weighted by molar-refractivity contribution is -0.139. The maximum atomic E-state index is 13.7. The molecule has 3 aromatic rings. The van der Waals surface area contributed by atoms with Crippen molar-refractivity contribution in [2.45, 2.75) is 12.5 Å². The molecule has 2 N–H and O–H groups in total. The second kappa shape index (κ2) is 7.09. The molecule has 3 rings (SSSR count). The van der Waals surface area contributed by atoms with Crippen molar-refractivity contribution in [2.24, 2.45) is 0 Å². The molecule has 0 fully saturated rings. The fourth-order valence-corrected chi connectivity index (χ4v) is 2.52.